The number of rotatable bonds is 7. The number of carboxylic acid groups (broad SMARTS) is 1. The van der Waals surface area contributed by atoms with Crippen molar-refractivity contribution in [1.82, 2.24) is 0 Å². The highest BCUT2D eigenvalue weighted by atomic mass is 32.2. The summed E-state index contributed by atoms with van der Waals surface area (Å²) < 4.78 is 0. The number of carbonyl (C=O) groups is 2. The van der Waals surface area contributed by atoms with Crippen LogP contribution in [0.4, 0.5) is 5.69 Å². The number of hydrogen-bond donors (Lipinski definition) is 2. The van der Waals surface area contributed by atoms with Gasteiger partial charge in [-0.3, -0.25) is 9.59 Å². The molecule has 0 heterocycles. The molecule has 0 atom stereocenters. The Morgan fingerprint density at radius 3 is 2.43 bits per heavy atom. The van der Waals surface area contributed by atoms with Crippen LogP contribution in [-0.4, -0.2) is 22.2 Å². The first-order valence-corrected chi connectivity index (χ1v) is 8.30. The standard InChI is InChI=1S/C16H21NO3S/c18-15(6-3-7-16(19)20)17-12-8-10-14(11-9-12)21-13-4-1-2-5-13/h8-11,13H,1-7H2,(H,17,18)(H,19,20). The average Bonchev–Trinajstić information content (AvgIpc) is 2.93. The van der Waals surface area contributed by atoms with Gasteiger partial charge < -0.3 is 10.4 Å². The first kappa shape index (κ1) is 15.9. The van der Waals surface area contributed by atoms with Crippen molar-refractivity contribution in [2.24, 2.45) is 0 Å². The predicted molar refractivity (Wildman–Crippen MR) is 84.7 cm³/mol. The van der Waals surface area contributed by atoms with Gasteiger partial charge in [-0.15, -0.1) is 11.8 Å². The number of nitrogens with one attached hydrogen (secondary N) is 1. The number of benzene rings is 1. The van der Waals surface area contributed by atoms with Crippen molar-refractivity contribution >= 4 is 29.3 Å². The molecule has 1 fully saturated rings. The predicted octanol–water partition coefficient (Wildman–Crippen LogP) is 3.91. The van der Waals surface area contributed by atoms with Gasteiger partial charge in [0.15, 0.2) is 0 Å². The van der Waals surface area contributed by atoms with Gasteiger partial charge >= 0.3 is 5.97 Å². The highest BCUT2D eigenvalue weighted by Crippen LogP contribution is 2.34. The third kappa shape index (κ3) is 5.79. The molecule has 4 nitrogen and oxygen atoms in total. The Labute approximate surface area is 129 Å². The first-order chi connectivity index (χ1) is 10.1. The van der Waals surface area contributed by atoms with Crippen LogP contribution in [0.15, 0.2) is 29.2 Å². The zero-order valence-electron chi connectivity index (χ0n) is 12.0. The normalized spacial score (nSPS) is 15.0. The van der Waals surface area contributed by atoms with E-state index in [0.717, 1.165) is 10.9 Å². The van der Waals surface area contributed by atoms with Crippen molar-refractivity contribution in [2.45, 2.75) is 55.1 Å². The van der Waals surface area contributed by atoms with E-state index >= 15 is 0 Å². The number of carboxylic acids is 1. The monoisotopic (exact) mass is 307 g/mol. The van der Waals surface area contributed by atoms with Crippen molar-refractivity contribution in [3.63, 3.8) is 0 Å². The molecular formula is C16H21NO3S. The van der Waals surface area contributed by atoms with Crippen molar-refractivity contribution in [2.75, 3.05) is 5.32 Å². The fourth-order valence-electron chi connectivity index (χ4n) is 2.44. The summed E-state index contributed by atoms with van der Waals surface area (Å²) in [5.74, 6) is -0.997. The topological polar surface area (TPSA) is 66.4 Å². The number of hydrogen-bond acceptors (Lipinski definition) is 3. The van der Waals surface area contributed by atoms with Gasteiger partial charge in [0.1, 0.15) is 0 Å². The van der Waals surface area contributed by atoms with Crippen LogP contribution < -0.4 is 5.32 Å². The zero-order valence-corrected chi connectivity index (χ0v) is 12.8. The number of amides is 1. The van der Waals surface area contributed by atoms with Crippen LogP contribution in [0.1, 0.15) is 44.9 Å². The lowest BCUT2D eigenvalue weighted by Crippen LogP contribution is -2.11. The maximum absolute atomic E-state index is 11.6. The minimum Gasteiger partial charge on any atom is -0.481 e. The zero-order chi connectivity index (χ0) is 15.1. The van der Waals surface area contributed by atoms with Gasteiger partial charge in [0.05, 0.1) is 0 Å². The molecule has 21 heavy (non-hydrogen) atoms. The fraction of sp³-hybridized carbons (Fsp3) is 0.500. The largest absolute Gasteiger partial charge is 0.481 e. The molecule has 0 radical (unpaired) electrons. The summed E-state index contributed by atoms with van der Waals surface area (Å²) >= 11 is 1.92. The van der Waals surface area contributed by atoms with E-state index in [0.29, 0.717) is 6.42 Å². The lowest BCUT2D eigenvalue weighted by molar-refractivity contribution is -0.137. The van der Waals surface area contributed by atoms with Gasteiger partial charge in [0, 0.05) is 28.7 Å². The number of anilines is 1. The maximum atomic E-state index is 11.6. The van der Waals surface area contributed by atoms with Gasteiger partial charge in [-0.25, -0.2) is 0 Å². The molecule has 114 valence electrons. The van der Waals surface area contributed by atoms with E-state index in [-0.39, 0.29) is 18.7 Å². The summed E-state index contributed by atoms with van der Waals surface area (Å²) in [6.45, 7) is 0. The maximum Gasteiger partial charge on any atom is 0.303 e. The van der Waals surface area contributed by atoms with Gasteiger partial charge in [-0.1, -0.05) is 12.8 Å². The number of thioether (sulfide) groups is 1. The van der Waals surface area contributed by atoms with Crippen molar-refractivity contribution in [3.8, 4) is 0 Å². The molecular weight excluding hydrogens is 286 g/mol. The fourth-order valence-corrected chi connectivity index (χ4v) is 3.69. The second-order valence-corrected chi connectivity index (χ2v) is 6.72. The summed E-state index contributed by atoms with van der Waals surface area (Å²) in [7, 11) is 0. The Hall–Kier alpha value is -1.49. The summed E-state index contributed by atoms with van der Waals surface area (Å²) in [4.78, 5) is 23.3. The summed E-state index contributed by atoms with van der Waals surface area (Å²) in [5, 5.41) is 12.1. The molecule has 1 aliphatic rings. The molecule has 0 spiro atoms. The summed E-state index contributed by atoms with van der Waals surface area (Å²) in [6, 6.07) is 7.89. The Morgan fingerprint density at radius 2 is 1.81 bits per heavy atom. The van der Waals surface area contributed by atoms with Gasteiger partial charge in [0.2, 0.25) is 5.91 Å². The van der Waals surface area contributed by atoms with Crippen LogP contribution in [0.3, 0.4) is 0 Å². The molecule has 0 aromatic heterocycles. The number of aliphatic carboxylic acids is 1. The van der Waals surface area contributed by atoms with E-state index in [2.05, 4.69) is 5.32 Å². The second kappa shape index (κ2) is 8.08. The van der Waals surface area contributed by atoms with Crippen LogP contribution in [0, 0.1) is 0 Å². The third-order valence-corrected chi connectivity index (χ3v) is 4.89. The summed E-state index contributed by atoms with van der Waals surface area (Å²) in [5.41, 5.74) is 0.770. The Bertz CT molecular complexity index is 481. The first-order valence-electron chi connectivity index (χ1n) is 7.42. The van der Waals surface area contributed by atoms with Crippen molar-refractivity contribution in [3.05, 3.63) is 24.3 Å². The Morgan fingerprint density at radius 1 is 1.14 bits per heavy atom. The SMILES string of the molecule is O=C(O)CCCC(=O)Nc1ccc(SC2CCCC2)cc1. The van der Waals surface area contributed by atoms with Gasteiger partial charge in [-0.05, 0) is 43.5 Å². The van der Waals surface area contributed by atoms with Crippen molar-refractivity contribution in [1.29, 1.82) is 0 Å². The molecule has 2 N–H and O–H groups in total. The average molecular weight is 307 g/mol. The molecule has 0 saturated heterocycles. The molecule has 1 aromatic carbocycles. The highest BCUT2D eigenvalue weighted by Gasteiger charge is 2.15. The lowest BCUT2D eigenvalue weighted by Gasteiger charge is -2.10. The minimum absolute atomic E-state index is 0.0321. The van der Waals surface area contributed by atoms with E-state index < -0.39 is 5.97 Å². The Kier molecular flexibility index (Phi) is 6.11. The van der Waals surface area contributed by atoms with E-state index in [1.165, 1.54) is 30.6 Å². The molecule has 1 aliphatic carbocycles. The van der Waals surface area contributed by atoms with Crippen molar-refractivity contribution < 1.29 is 14.7 Å². The molecule has 0 bridgehead atoms. The van der Waals surface area contributed by atoms with Gasteiger partial charge in [-0.2, -0.15) is 0 Å². The molecule has 0 unspecified atom stereocenters. The smallest absolute Gasteiger partial charge is 0.303 e. The van der Waals surface area contributed by atoms with E-state index in [1.807, 2.05) is 36.0 Å². The Balaban J connectivity index is 1.76. The summed E-state index contributed by atoms with van der Waals surface area (Å²) in [6.07, 6.45) is 5.91. The molecule has 5 heteroatoms. The molecule has 2 rings (SSSR count). The second-order valence-electron chi connectivity index (χ2n) is 5.34. The molecule has 1 saturated carbocycles. The third-order valence-electron chi connectivity index (χ3n) is 3.54. The quantitative estimate of drug-likeness (QED) is 0.801. The van der Waals surface area contributed by atoms with Crippen LogP contribution in [-0.2, 0) is 9.59 Å². The molecule has 1 aromatic rings. The van der Waals surface area contributed by atoms with Gasteiger partial charge in [0.25, 0.3) is 0 Å². The lowest BCUT2D eigenvalue weighted by atomic mass is 10.2. The van der Waals surface area contributed by atoms with Crippen LogP contribution >= 0.6 is 11.8 Å². The molecule has 0 aliphatic heterocycles. The van der Waals surface area contributed by atoms with Crippen LogP contribution in [0.2, 0.25) is 0 Å². The van der Waals surface area contributed by atoms with Crippen LogP contribution in [0.25, 0.3) is 0 Å². The molecule has 1 amide bonds. The number of carbonyl (C=O) groups excluding carboxylic acids is 1. The van der Waals surface area contributed by atoms with E-state index in [4.69, 9.17) is 5.11 Å². The highest BCUT2D eigenvalue weighted by molar-refractivity contribution is 8.00. The van der Waals surface area contributed by atoms with E-state index in [9.17, 15) is 9.59 Å². The van der Waals surface area contributed by atoms with E-state index in [1.54, 1.807) is 0 Å². The minimum atomic E-state index is -0.865. The van der Waals surface area contributed by atoms with Crippen LogP contribution in [0.5, 0.6) is 0 Å².